The van der Waals surface area contributed by atoms with Gasteiger partial charge in [-0.2, -0.15) is 0 Å². The zero-order valence-electron chi connectivity index (χ0n) is 9.01. The van der Waals surface area contributed by atoms with Gasteiger partial charge >= 0.3 is 0 Å². The molecule has 0 aliphatic heterocycles. The minimum Gasteiger partial charge on any atom is -0.411 e. The van der Waals surface area contributed by atoms with Gasteiger partial charge in [-0.1, -0.05) is 18.1 Å². The van der Waals surface area contributed by atoms with Crippen molar-refractivity contribution in [2.75, 3.05) is 0 Å². The highest BCUT2D eigenvalue weighted by Gasteiger charge is 2.01. The van der Waals surface area contributed by atoms with Crippen LogP contribution < -0.4 is 0 Å². The summed E-state index contributed by atoms with van der Waals surface area (Å²) in [7, 11) is 0. The molecule has 0 bridgehead atoms. The first-order valence-corrected chi connectivity index (χ1v) is 4.90. The highest BCUT2D eigenvalue weighted by molar-refractivity contribution is 6.41. The van der Waals surface area contributed by atoms with Crippen LogP contribution in [0.15, 0.2) is 34.5 Å². The van der Waals surface area contributed by atoms with E-state index < -0.39 is 0 Å². The predicted molar refractivity (Wildman–Crippen MR) is 60.6 cm³/mol. The molecule has 0 fully saturated rings. The Morgan fingerprint density at radius 1 is 1.47 bits per heavy atom. The molecule has 0 aliphatic carbocycles. The van der Waals surface area contributed by atoms with E-state index in [-0.39, 0.29) is 0 Å². The molecule has 1 aromatic heterocycles. The Labute approximate surface area is 89.4 Å². The molecule has 0 aromatic carbocycles. The Morgan fingerprint density at radius 3 is 2.80 bits per heavy atom. The van der Waals surface area contributed by atoms with Gasteiger partial charge in [-0.3, -0.25) is 9.98 Å². The molecule has 15 heavy (non-hydrogen) atoms. The van der Waals surface area contributed by atoms with Crippen molar-refractivity contribution in [2.24, 2.45) is 10.1 Å². The van der Waals surface area contributed by atoms with E-state index >= 15 is 0 Å². The van der Waals surface area contributed by atoms with E-state index in [2.05, 4.69) is 15.1 Å². The molecule has 0 spiro atoms. The van der Waals surface area contributed by atoms with Gasteiger partial charge in [0.2, 0.25) is 0 Å². The van der Waals surface area contributed by atoms with Crippen molar-refractivity contribution in [1.82, 2.24) is 4.98 Å². The highest BCUT2D eigenvalue weighted by Crippen LogP contribution is 1.98. The Hall–Kier alpha value is -1.71. The molecule has 0 saturated carbocycles. The molecule has 0 amide bonds. The summed E-state index contributed by atoms with van der Waals surface area (Å²) >= 11 is 0. The average molecular weight is 205 g/mol. The largest absolute Gasteiger partial charge is 0.411 e. The first-order chi connectivity index (χ1) is 7.27. The van der Waals surface area contributed by atoms with Gasteiger partial charge in [-0.25, -0.2) is 0 Å². The summed E-state index contributed by atoms with van der Waals surface area (Å²) in [6, 6.07) is 5.72. The molecule has 1 heterocycles. The smallest absolute Gasteiger partial charge is 0.0974 e. The Balaban J connectivity index is 2.71. The molecule has 0 atom stereocenters. The van der Waals surface area contributed by atoms with E-state index in [9.17, 15) is 0 Å². The summed E-state index contributed by atoms with van der Waals surface area (Å²) in [6.45, 7) is 4.24. The molecule has 1 aromatic rings. The molecule has 4 nitrogen and oxygen atoms in total. The fourth-order valence-electron chi connectivity index (χ4n) is 1.21. The first kappa shape index (κ1) is 11.4. The number of oxime groups is 1. The van der Waals surface area contributed by atoms with Crippen LogP contribution in [0, 0.1) is 0 Å². The van der Waals surface area contributed by atoms with Crippen LogP contribution in [0.1, 0.15) is 26.0 Å². The van der Waals surface area contributed by atoms with Gasteiger partial charge in [0.1, 0.15) is 0 Å². The van der Waals surface area contributed by atoms with E-state index in [4.69, 9.17) is 5.21 Å². The van der Waals surface area contributed by atoms with E-state index in [0.717, 1.165) is 17.8 Å². The SMILES string of the molecule is CCC(=NCc1ccccn1)C(C)=NO. The molecule has 80 valence electrons. The zero-order chi connectivity index (χ0) is 11.1. The third-order valence-electron chi connectivity index (χ3n) is 2.06. The summed E-state index contributed by atoms with van der Waals surface area (Å²) in [6.07, 6.45) is 2.49. The molecule has 0 unspecified atom stereocenters. The molecule has 0 saturated heterocycles. The van der Waals surface area contributed by atoms with Gasteiger partial charge in [0.05, 0.1) is 23.7 Å². The van der Waals surface area contributed by atoms with Crippen molar-refractivity contribution in [1.29, 1.82) is 0 Å². The third-order valence-corrected chi connectivity index (χ3v) is 2.06. The molecular formula is C11H15N3O. The van der Waals surface area contributed by atoms with Crippen LogP contribution in [0.2, 0.25) is 0 Å². The lowest BCUT2D eigenvalue weighted by atomic mass is 10.2. The fraction of sp³-hybridized carbons (Fsp3) is 0.364. The lowest BCUT2D eigenvalue weighted by molar-refractivity contribution is 0.319. The maximum atomic E-state index is 8.63. The summed E-state index contributed by atoms with van der Waals surface area (Å²) in [5, 5.41) is 11.8. The van der Waals surface area contributed by atoms with Gasteiger partial charge in [0.25, 0.3) is 0 Å². The minimum absolute atomic E-state index is 0.525. The summed E-state index contributed by atoms with van der Waals surface area (Å²) in [5.41, 5.74) is 2.28. The van der Waals surface area contributed by atoms with Crippen molar-refractivity contribution in [3.05, 3.63) is 30.1 Å². The minimum atomic E-state index is 0.525. The number of aliphatic imine (C=N–C) groups is 1. The number of hydrogen-bond donors (Lipinski definition) is 1. The second-order valence-electron chi connectivity index (χ2n) is 3.12. The van der Waals surface area contributed by atoms with E-state index in [0.29, 0.717) is 12.3 Å². The van der Waals surface area contributed by atoms with E-state index in [1.165, 1.54) is 0 Å². The Bertz CT molecular complexity index is 357. The van der Waals surface area contributed by atoms with Crippen LogP contribution >= 0.6 is 0 Å². The lowest BCUT2D eigenvalue weighted by Crippen LogP contribution is -2.09. The topological polar surface area (TPSA) is 57.8 Å². The van der Waals surface area contributed by atoms with Crippen LogP contribution in [0.5, 0.6) is 0 Å². The van der Waals surface area contributed by atoms with E-state index in [1.807, 2.05) is 25.1 Å². The zero-order valence-corrected chi connectivity index (χ0v) is 9.01. The van der Waals surface area contributed by atoms with Crippen molar-refractivity contribution in [3.63, 3.8) is 0 Å². The van der Waals surface area contributed by atoms with Crippen molar-refractivity contribution >= 4 is 11.4 Å². The van der Waals surface area contributed by atoms with Crippen LogP contribution in [0.25, 0.3) is 0 Å². The molecule has 4 heteroatoms. The van der Waals surface area contributed by atoms with Crippen LogP contribution in [0.4, 0.5) is 0 Å². The lowest BCUT2D eigenvalue weighted by Gasteiger charge is -2.01. The van der Waals surface area contributed by atoms with Gasteiger partial charge in [0.15, 0.2) is 0 Å². The maximum Gasteiger partial charge on any atom is 0.0974 e. The van der Waals surface area contributed by atoms with Crippen LogP contribution in [-0.2, 0) is 6.54 Å². The molecular weight excluding hydrogens is 190 g/mol. The monoisotopic (exact) mass is 205 g/mol. The number of nitrogens with zero attached hydrogens (tertiary/aromatic N) is 3. The Morgan fingerprint density at radius 2 is 2.27 bits per heavy atom. The van der Waals surface area contributed by atoms with Crippen molar-refractivity contribution in [3.8, 4) is 0 Å². The van der Waals surface area contributed by atoms with Gasteiger partial charge in [-0.05, 0) is 25.5 Å². The standard InChI is InChI=1S/C11H15N3O/c1-3-11(9(2)14-15)13-8-10-6-4-5-7-12-10/h4-7,15H,3,8H2,1-2H3. The van der Waals surface area contributed by atoms with E-state index in [1.54, 1.807) is 13.1 Å². The van der Waals surface area contributed by atoms with Crippen LogP contribution in [0.3, 0.4) is 0 Å². The fourth-order valence-corrected chi connectivity index (χ4v) is 1.21. The second kappa shape index (κ2) is 5.90. The number of rotatable bonds is 4. The number of aromatic nitrogens is 1. The van der Waals surface area contributed by atoms with Crippen molar-refractivity contribution < 1.29 is 5.21 Å². The maximum absolute atomic E-state index is 8.63. The normalized spacial score (nSPS) is 12.9. The number of hydrogen-bond acceptors (Lipinski definition) is 4. The first-order valence-electron chi connectivity index (χ1n) is 4.90. The molecule has 0 aliphatic rings. The number of pyridine rings is 1. The Kier molecular flexibility index (Phi) is 4.47. The summed E-state index contributed by atoms with van der Waals surface area (Å²) < 4.78 is 0. The molecule has 1 N–H and O–H groups in total. The third kappa shape index (κ3) is 3.50. The van der Waals surface area contributed by atoms with Gasteiger partial charge < -0.3 is 5.21 Å². The molecule has 1 rings (SSSR count). The summed E-state index contributed by atoms with van der Waals surface area (Å²) in [4.78, 5) is 8.51. The average Bonchev–Trinajstić information content (AvgIpc) is 2.31. The summed E-state index contributed by atoms with van der Waals surface area (Å²) in [5.74, 6) is 0. The highest BCUT2D eigenvalue weighted by atomic mass is 16.4. The van der Waals surface area contributed by atoms with Crippen molar-refractivity contribution in [2.45, 2.75) is 26.8 Å². The quantitative estimate of drug-likeness (QED) is 0.465. The second-order valence-corrected chi connectivity index (χ2v) is 3.12. The predicted octanol–water partition coefficient (Wildman–Crippen LogP) is 2.28. The van der Waals surface area contributed by atoms with Crippen LogP contribution in [-0.4, -0.2) is 21.6 Å². The van der Waals surface area contributed by atoms with Gasteiger partial charge in [0, 0.05) is 6.20 Å². The molecule has 0 radical (unpaired) electrons. The van der Waals surface area contributed by atoms with Gasteiger partial charge in [-0.15, -0.1) is 0 Å².